The van der Waals surface area contributed by atoms with Gasteiger partial charge in [0.15, 0.2) is 0 Å². The zero-order valence-corrected chi connectivity index (χ0v) is 10.1. The first kappa shape index (κ1) is 10.4. The summed E-state index contributed by atoms with van der Waals surface area (Å²) < 4.78 is 0. The van der Waals surface area contributed by atoms with Crippen molar-refractivity contribution >= 4 is 0 Å². The first-order chi connectivity index (χ1) is 7.90. The van der Waals surface area contributed by atoms with Gasteiger partial charge >= 0.3 is 0 Å². The molecule has 0 nitrogen and oxygen atoms in total. The fraction of sp³-hybridized carbons (Fsp3) is 0.625. The minimum absolute atomic E-state index is 0.841. The van der Waals surface area contributed by atoms with E-state index in [4.69, 9.17) is 0 Å². The Balaban J connectivity index is 1.82. The topological polar surface area (TPSA) is 0 Å². The van der Waals surface area contributed by atoms with Gasteiger partial charge in [-0.3, -0.25) is 0 Å². The van der Waals surface area contributed by atoms with Gasteiger partial charge in [-0.2, -0.15) is 0 Å². The number of hydrogen-bond donors (Lipinski definition) is 0. The van der Waals surface area contributed by atoms with Gasteiger partial charge in [-0.15, -0.1) is 0 Å². The van der Waals surface area contributed by atoms with Gasteiger partial charge in [-0.05, 0) is 63.2 Å². The van der Waals surface area contributed by atoms with Gasteiger partial charge < -0.3 is 0 Å². The van der Waals surface area contributed by atoms with Gasteiger partial charge in [0.1, 0.15) is 0 Å². The molecular weight excluding hydrogens is 192 g/mol. The van der Waals surface area contributed by atoms with E-state index in [1.165, 1.54) is 51.4 Å². The highest BCUT2D eigenvalue weighted by Gasteiger charge is 2.17. The first-order valence-electron chi connectivity index (χ1n) is 6.94. The normalized spacial score (nSPS) is 36.0. The van der Waals surface area contributed by atoms with Crippen LogP contribution in [0, 0.1) is 11.8 Å². The molecule has 6 aliphatic rings. The summed E-state index contributed by atoms with van der Waals surface area (Å²) in [6.45, 7) is 0. The van der Waals surface area contributed by atoms with E-state index in [1.54, 1.807) is 11.1 Å². The van der Waals surface area contributed by atoms with Crippen LogP contribution < -0.4 is 0 Å². The van der Waals surface area contributed by atoms with Gasteiger partial charge in [-0.1, -0.05) is 35.5 Å². The van der Waals surface area contributed by atoms with Crippen LogP contribution in [0.25, 0.3) is 0 Å². The van der Waals surface area contributed by atoms with E-state index >= 15 is 0 Å². The van der Waals surface area contributed by atoms with E-state index in [1.807, 2.05) is 0 Å². The molecular formula is C16H22. The van der Waals surface area contributed by atoms with Crippen molar-refractivity contribution in [1.29, 1.82) is 0 Å². The Bertz CT molecular complexity index is 309. The van der Waals surface area contributed by atoms with E-state index in [9.17, 15) is 0 Å². The Morgan fingerprint density at radius 3 is 1.56 bits per heavy atom. The predicted octanol–water partition coefficient (Wildman–Crippen LogP) is 4.79. The second-order valence-electron chi connectivity index (χ2n) is 5.68. The summed E-state index contributed by atoms with van der Waals surface area (Å²) in [7, 11) is 0. The zero-order chi connectivity index (χ0) is 10.8. The van der Waals surface area contributed by atoms with E-state index in [0.717, 1.165) is 11.8 Å². The molecule has 0 saturated carbocycles. The summed E-state index contributed by atoms with van der Waals surface area (Å²) in [5, 5.41) is 0. The lowest BCUT2D eigenvalue weighted by molar-refractivity contribution is 0.515. The number of allylic oxidation sites excluding steroid dienone is 6. The van der Waals surface area contributed by atoms with Crippen LogP contribution in [0.1, 0.15) is 51.4 Å². The lowest BCUT2D eigenvalue weighted by Crippen LogP contribution is -2.08. The molecule has 86 valence electrons. The molecule has 4 bridgehead atoms. The Hall–Kier alpha value is -0.780. The molecule has 0 fully saturated rings. The second kappa shape index (κ2) is 4.61. The minimum atomic E-state index is 0.841. The van der Waals surface area contributed by atoms with Crippen molar-refractivity contribution in [2.45, 2.75) is 51.4 Å². The molecule has 0 heterocycles. The molecule has 6 aliphatic carbocycles. The number of hydrogen-bond acceptors (Lipinski definition) is 0. The lowest BCUT2D eigenvalue weighted by atomic mass is 9.81. The highest BCUT2D eigenvalue weighted by atomic mass is 14.2. The van der Waals surface area contributed by atoms with Crippen LogP contribution in [0.4, 0.5) is 0 Å². The maximum absolute atomic E-state index is 2.52. The highest BCUT2D eigenvalue weighted by molar-refractivity contribution is 5.16. The molecule has 0 spiro atoms. The maximum atomic E-state index is 2.52. The van der Waals surface area contributed by atoms with E-state index in [-0.39, 0.29) is 0 Å². The van der Waals surface area contributed by atoms with E-state index in [2.05, 4.69) is 24.3 Å². The molecule has 0 radical (unpaired) electrons. The van der Waals surface area contributed by atoms with Crippen molar-refractivity contribution in [2.24, 2.45) is 11.8 Å². The first-order valence-corrected chi connectivity index (χ1v) is 6.94. The molecule has 0 amide bonds. The second-order valence-corrected chi connectivity index (χ2v) is 5.68. The van der Waals surface area contributed by atoms with Crippen molar-refractivity contribution in [1.82, 2.24) is 0 Å². The highest BCUT2D eigenvalue weighted by Crippen LogP contribution is 2.33. The van der Waals surface area contributed by atoms with Gasteiger partial charge in [0.25, 0.3) is 0 Å². The summed E-state index contributed by atoms with van der Waals surface area (Å²) in [6, 6.07) is 0. The minimum Gasteiger partial charge on any atom is -0.0848 e. The molecule has 0 aromatic rings. The largest absolute Gasteiger partial charge is 0.0848 e. The fourth-order valence-corrected chi connectivity index (χ4v) is 3.26. The molecule has 2 atom stereocenters. The quantitative estimate of drug-likeness (QED) is 0.509. The summed E-state index contributed by atoms with van der Waals surface area (Å²) in [5.41, 5.74) is 3.46. The molecule has 2 unspecified atom stereocenters. The van der Waals surface area contributed by atoms with Gasteiger partial charge in [0, 0.05) is 0 Å². The molecule has 0 aromatic heterocycles. The molecule has 0 aromatic carbocycles. The van der Waals surface area contributed by atoms with Crippen molar-refractivity contribution < 1.29 is 0 Å². The maximum Gasteiger partial charge on any atom is -0.0196 e. The molecule has 6 rings (SSSR count). The molecule has 0 saturated heterocycles. The van der Waals surface area contributed by atoms with Crippen LogP contribution in [0.15, 0.2) is 35.5 Å². The third kappa shape index (κ3) is 2.31. The van der Waals surface area contributed by atoms with Gasteiger partial charge in [-0.25, -0.2) is 0 Å². The fourth-order valence-electron chi connectivity index (χ4n) is 3.26. The van der Waals surface area contributed by atoms with E-state index in [0.29, 0.717) is 0 Å². The predicted molar refractivity (Wildman–Crippen MR) is 69.2 cm³/mol. The van der Waals surface area contributed by atoms with E-state index < -0.39 is 0 Å². The van der Waals surface area contributed by atoms with Crippen LogP contribution in [0.5, 0.6) is 0 Å². The Labute approximate surface area is 99.1 Å². The molecule has 16 heavy (non-hydrogen) atoms. The SMILES string of the molecule is C1=C2CCC3=CCC(/C=C\C(C1)CC2)CC3. The zero-order valence-electron chi connectivity index (χ0n) is 10.1. The lowest BCUT2D eigenvalue weighted by Gasteiger charge is -2.25. The summed E-state index contributed by atoms with van der Waals surface area (Å²) in [5.74, 6) is 1.68. The van der Waals surface area contributed by atoms with Gasteiger partial charge in [0.05, 0.1) is 0 Å². The smallest absolute Gasteiger partial charge is 0.0196 e. The summed E-state index contributed by atoms with van der Waals surface area (Å²) >= 11 is 0. The monoisotopic (exact) mass is 214 g/mol. The molecule has 0 N–H and O–H groups in total. The van der Waals surface area contributed by atoms with Crippen LogP contribution in [0.2, 0.25) is 0 Å². The summed E-state index contributed by atoms with van der Waals surface area (Å²) in [6.07, 6.45) is 20.9. The average molecular weight is 214 g/mol. The van der Waals surface area contributed by atoms with Crippen molar-refractivity contribution in [3.05, 3.63) is 35.5 Å². The third-order valence-electron chi connectivity index (χ3n) is 4.51. The Morgan fingerprint density at radius 1 is 0.688 bits per heavy atom. The van der Waals surface area contributed by atoms with Crippen LogP contribution in [-0.2, 0) is 0 Å². The van der Waals surface area contributed by atoms with Crippen molar-refractivity contribution in [3.63, 3.8) is 0 Å². The van der Waals surface area contributed by atoms with Crippen molar-refractivity contribution in [2.75, 3.05) is 0 Å². The van der Waals surface area contributed by atoms with Crippen LogP contribution >= 0.6 is 0 Å². The third-order valence-corrected chi connectivity index (χ3v) is 4.51. The van der Waals surface area contributed by atoms with Gasteiger partial charge in [0.2, 0.25) is 0 Å². The number of rotatable bonds is 0. The summed E-state index contributed by atoms with van der Waals surface area (Å²) in [4.78, 5) is 0. The Kier molecular flexibility index (Phi) is 2.99. The van der Waals surface area contributed by atoms with Crippen molar-refractivity contribution in [3.8, 4) is 0 Å². The van der Waals surface area contributed by atoms with Crippen LogP contribution in [-0.4, -0.2) is 0 Å². The van der Waals surface area contributed by atoms with Crippen LogP contribution in [0.3, 0.4) is 0 Å². The molecule has 0 aliphatic heterocycles. The molecule has 0 heteroatoms. The standard InChI is InChI=1S/C16H22/c1-2-14-4-3-13(1)9-10-15-5-7-16(8-6-15)12-11-14/h1,5,11-12,14,16H,2-4,6-10H2/b12-11-. The Morgan fingerprint density at radius 2 is 1.19 bits per heavy atom. The average Bonchev–Trinajstić information content (AvgIpc) is 2.33.